The van der Waals surface area contributed by atoms with Gasteiger partial charge >= 0.3 is 0 Å². The van der Waals surface area contributed by atoms with Gasteiger partial charge in [0.15, 0.2) is 0 Å². The summed E-state index contributed by atoms with van der Waals surface area (Å²) in [6, 6.07) is 3.99. The molecule has 1 aromatic heterocycles. The Morgan fingerprint density at radius 3 is 2.76 bits per heavy atom. The molecule has 1 heterocycles. The summed E-state index contributed by atoms with van der Waals surface area (Å²) in [5, 5.41) is 17.9. The van der Waals surface area contributed by atoms with Gasteiger partial charge in [0.2, 0.25) is 0 Å². The molecule has 1 N–H and O–H groups in total. The van der Waals surface area contributed by atoms with Gasteiger partial charge in [0.25, 0.3) is 11.6 Å². The Kier molecular flexibility index (Phi) is 4.23. The molecule has 7 nitrogen and oxygen atoms in total. The molecule has 2 aromatic rings. The lowest BCUT2D eigenvalue weighted by Crippen LogP contribution is -2.13. The first-order valence-electron chi connectivity index (χ1n) is 6.18. The minimum Gasteiger partial charge on any atom is -0.319 e. The van der Waals surface area contributed by atoms with Gasteiger partial charge in [-0.25, -0.2) is 0 Å². The third-order valence-electron chi connectivity index (χ3n) is 2.79. The maximum absolute atomic E-state index is 12.2. The molecule has 0 fully saturated rings. The van der Waals surface area contributed by atoms with Gasteiger partial charge in [0.05, 0.1) is 16.8 Å². The van der Waals surface area contributed by atoms with Crippen molar-refractivity contribution in [2.45, 2.75) is 19.9 Å². The zero-order valence-corrected chi connectivity index (χ0v) is 12.2. The highest BCUT2D eigenvalue weighted by atomic mass is 35.5. The molecule has 8 heteroatoms. The van der Waals surface area contributed by atoms with Crippen LogP contribution in [-0.4, -0.2) is 20.6 Å². The first kappa shape index (κ1) is 15.0. The molecule has 1 amide bonds. The number of rotatable bonds is 4. The zero-order chi connectivity index (χ0) is 15.6. The second kappa shape index (κ2) is 5.92. The minimum absolute atomic E-state index is 0.0928. The number of amides is 1. The standard InChI is InChI=1S/C13H13ClN4O3/c1-8(2)17-7-10(6-15-17)16-13(19)11-5-9(14)3-4-12(11)18(20)21/h3-8H,1-2H3,(H,16,19). The van der Waals surface area contributed by atoms with E-state index in [1.165, 1.54) is 24.4 Å². The fourth-order valence-corrected chi connectivity index (χ4v) is 1.90. The van der Waals surface area contributed by atoms with Crippen molar-refractivity contribution in [1.29, 1.82) is 0 Å². The lowest BCUT2D eigenvalue weighted by molar-refractivity contribution is -0.385. The number of aromatic nitrogens is 2. The highest BCUT2D eigenvalue weighted by Gasteiger charge is 2.21. The van der Waals surface area contributed by atoms with Crippen molar-refractivity contribution in [2.24, 2.45) is 0 Å². The summed E-state index contributed by atoms with van der Waals surface area (Å²) >= 11 is 5.80. The SMILES string of the molecule is CC(C)n1cc(NC(=O)c2cc(Cl)ccc2[N+](=O)[O-])cn1. The summed E-state index contributed by atoms with van der Waals surface area (Å²) in [6.45, 7) is 3.89. The molecule has 0 unspecified atom stereocenters. The Labute approximate surface area is 125 Å². The quantitative estimate of drug-likeness (QED) is 0.693. The van der Waals surface area contributed by atoms with Gasteiger partial charge < -0.3 is 5.32 Å². The molecule has 0 bridgehead atoms. The molecule has 0 atom stereocenters. The molecular weight excluding hydrogens is 296 g/mol. The van der Waals surface area contributed by atoms with Gasteiger partial charge in [-0.3, -0.25) is 19.6 Å². The Hall–Kier alpha value is -2.41. The van der Waals surface area contributed by atoms with E-state index in [-0.39, 0.29) is 22.3 Å². The van der Waals surface area contributed by atoms with Crippen LogP contribution in [-0.2, 0) is 0 Å². The van der Waals surface area contributed by atoms with E-state index in [0.29, 0.717) is 5.69 Å². The van der Waals surface area contributed by atoms with Gasteiger partial charge in [-0.15, -0.1) is 0 Å². The highest BCUT2D eigenvalue weighted by molar-refractivity contribution is 6.31. The largest absolute Gasteiger partial charge is 0.319 e. The number of anilines is 1. The molecule has 0 aliphatic rings. The molecule has 0 saturated heterocycles. The summed E-state index contributed by atoms with van der Waals surface area (Å²) in [7, 11) is 0. The number of carbonyl (C=O) groups is 1. The van der Waals surface area contributed by atoms with Gasteiger partial charge in [-0.1, -0.05) is 11.6 Å². The number of nitro benzene ring substituents is 1. The molecule has 0 aliphatic carbocycles. The number of halogens is 1. The van der Waals surface area contributed by atoms with Crippen LogP contribution in [0.3, 0.4) is 0 Å². The Balaban J connectivity index is 2.27. The Morgan fingerprint density at radius 1 is 1.48 bits per heavy atom. The average molecular weight is 309 g/mol. The number of nitrogens with zero attached hydrogens (tertiary/aromatic N) is 3. The molecule has 0 aliphatic heterocycles. The van der Waals surface area contributed by atoms with Crippen LogP contribution < -0.4 is 5.32 Å². The molecule has 0 radical (unpaired) electrons. The molecular formula is C13H13ClN4O3. The van der Waals surface area contributed by atoms with E-state index < -0.39 is 10.8 Å². The fourth-order valence-electron chi connectivity index (χ4n) is 1.73. The smallest absolute Gasteiger partial charge is 0.282 e. The number of carbonyl (C=O) groups excluding carboxylic acids is 1. The maximum Gasteiger partial charge on any atom is 0.282 e. The van der Waals surface area contributed by atoms with Crippen LogP contribution in [0.15, 0.2) is 30.6 Å². The number of benzene rings is 1. The van der Waals surface area contributed by atoms with Crippen molar-refractivity contribution in [2.75, 3.05) is 5.32 Å². The molecule has 1 aromatic carbocycles. The third kappa shape index (κ3) is 3.38. The number of hydrogen-bond donors (Lipinski definition) is 1. The third-order valence-corrected chi connectivity index (χ3v) is 3.02. The summed E-state index contributed by atoms with van der Waals surface area (Å²) in [4.78, 5) is 22.5. The van der Waals surface area contributed by atoms with Crippen LogP contribution in [0, 0.1) is 10.1 Å². The second-order valence-electron chi connectivity index (χ2n) is 4.68. The van der Waals surface area contributed by atoms with E-state index in [1.54, 1.807) is 10.9 Å². The van der Waals surface area contributed by atoms with Crippen LogP contribution in [0.2, 0.25) is 5.02 Å². The van der Waals surface area contributed by atoms with Crippen molar-refractivity contribution in [3.05, 3.63) is 51.3 Å². The molecule has 0 spiro atoms. The first-order valence-corrected chi connectivity index (χ1v) is 6.55. The monoisotopic (exact) mass is 308 g/mol. The highest BCUT2D eigenvalue weighted by Crippen LogP contribution is 2.23. The van der Waals surface area contributed by atoms with Crippen LogP contribution in [0.1, 0.15) is 30.2 Å². The van der Waals surface area contributed by atoms with E-state index in [9.17, 15) is 14.9 Å². The van der Waals surface area contributed by atoms with Gasteiger partial charge in [-0.2, -0.15) is 5.10 Å². The molecule has 21 heavy (non-hydrogen) atoms. The van der Waals surface area contributed by atoms with Gasteiger partial charge in [0, 0.05) is 23.3 Å². The van der Waals surface area contributed by atoms with E-state index in [0.717, 1.165) is 0 Å². The zero-order valence-electron chi connectivity index (χ0n) is 11.4. The van der Waals surface area contributed by atoms with Crippen LogP contribution in [0.4, 0.5) is 11.4 Å². The van der Waals surface area contributed by atoms with Crippen molar-refractivity contribution in [3.63, 3.8) is 0 Å². The Bertz CT molecular complexity index is 696. The van der Waals surface area contributed by atoms with Crippen LogP contribution >= 0.6 is 11.6 Å². The minimum atomic E-state index is -0.622. The second-order valence-corrected chi connectivity index (χ2v) is 5.11. The van der Waals surface area contributed by atoms with Crippen molar-refractivity contribution in [3.8, 4) is 0 Å². The lowest BCUT2D eigenvalue weighted by Gasteiger charge is -2.05. The number of nitrogens with one attached hydrogen (secondary N) is 1. The van der Waals surface area contributed by atoms with Gasteiger partial charge in [-0.05, 0) is 26.0 Å². The Morgan fingerprint density at radius 2 is 2.19 bits per heavy atom. The van der Waals surface area contributed by atoms with Crippen molar-refractivity contribution >= 4 is 28.9 Å². The number of nitro groups is 1. The lowest BCUT2D eigenvalue weighted by atomic mass is 10.1. The maximum atomic E-state index is 12.2. The van der Waals surface area contributed by atoms with E-state index in [2.05, 4.69) is 10.4 Å². The fraction of sp³-hybridized carbons (Fsp3) is 0.231. The summed E-state index contributed by atoms with van der Waals surface area (Å²) in [6.07, 6.45) is 3.13. The normalized spacial score (nSPS) is 10.7. The van der Waals surface area contributed by atoms with Gasteiger partial charge in [0.1, 0.15) is 5.56 Å². The summed E-state index contributed by atoms with van der Waals surface area (Å²) in [5.74, 6) is -0.604. The predicted molar refractivity (Wildman–Crippen MR) is 78.7 cm³/mol. The predicted octanol–water partition coefficient (Wildman–Crippen LogP) is 3.28. The molecule has 2 rings (SSSR count). The van der Waals surface area contributed by atoms with E-state index >= 15 is 0 Å². The van der Waals surface area contributed by atoms with E-state index in [4.69, 9.17) is 11.6 Å². The topological polar surface area (TPSA) is 90.1 Å². The molecule has 110 valence electrons. The van der Waals surface area contributed by atoms with Crippen LogP contribution in [0.25, 0.3) is 0 Å². The molecule has 0 saturated carbocycles. The summed E-state index contributed by atoms with van der Waals surface area (Å²) in [5.41, 5.74) is 0.0703. The van der Waals surface area contributed by atoms with E-state index in [1.807, 2.05) is 13.8 Å². The first-order chi connectivity index (χ1) is 9.88. The van der Waals surface area contributed by atoms with Crippen LogP contribution in [0.5, 0.6) is 0 Å². The van der Waals surface area contributed by atoms with Crippen molar-refractivity contribution in [1.82, 2.24) is 9.78 Å². The number of hydrogen-bond acceptors (Lipinski definition) is 4. The van der Waals surface area contributed by atoms with Crippen molar-refractivity contribution < 1.29 is 9.72 Å². The summed E-state index contributed by atoms with van der Waals surface area (Å²) < 4.78 is 1.67. The average Bonchev–Trinajstić information content (AvgIpc) is 2.86.